The topological polar surface area (TPSA) is 111 Å². The number of rotatable bonds is 11. The van der Waals surface area contributed by atoms with E-state index in [0.29, 0.717) is 22.6 Å². The van der Waals surface area contributed by atoms with E-state index in [-0.39, 0.29) is 9.79 Å². The van der Waals surface area contributed by atoms with Crippen LogP contribution in [0.3, 0.4) is 0 Å². The number of methoxy groups -OCH3 is 2. The minimum absolute atomic E-state index is 0.0536. The molecule has 0 radical (unpaired) electrons. The van der Waals surface area contributed by atoms with E-state index in [2.05, 4.69) is 9.44 Å². The molecule has 0 aliphatic rings. The molecule has 0 saturated carbocycles. The number of sulfonamides is 2. The molecule has 0 heterocycles. The fourth-order valence-electron chi connectivity index (χ4n) is 3.95. The van der Waals surface area contributed by atoms with Crippen molar-refractivity contribution in [1.29, 1.82) is 0 Å². The van der Waals surface area contributed by atoms with Crippen LogP contribution >= 0.6 is 0 Å². The Morgan fingerprint density at radius 2 is 0.816 bits per heavy atom. The average Bonchev–Trinajstić information content (AvgIpc) is 2.96. The van der Waals surface area contributed by atoms with E-state index in [1.165, 1.54) is 38.5 Å². The molecular weight excluding hydrogens is 524 g/mol. The van der Waals surface area contributed by atoms with Gasteiger partial charge < -0.3 is 9.47 Å². The van der Waals surface area contributed by atoms with Crippen molar-refractivity contribution in [3.63, 3.8) is 0 Å². The lowest BCUT2D eigenvalue weighted by molar-refractivity contribution is 0.412. The maximum Gasteiger partial charge on any atom is 0.241 e. The summed E-state index contributed by atoms with van der Waals surface area (Å²) in [6.07, 6.45) is 0. The molecule has 0 aliphatic carbocycles. The maximum absolute atomic E-state index is 13.5. The molecule has 4 aromatic rings. The fraction of sp³-hybridized carbons (Fsp3) is 0.143. The molecule has 0 aromatic heterocycles. The summed E-state index contributed by atoms with van der Waals surface area (Å²) in [5.41, 5.74) is 1.06. The van der Waals surface area contributed by atoms with Crippen LogP contribution in [0.25, 0.3) is 0 Å². The highest BCUT2D eigenvalue weighted by atomic mass is 32.2. The summed E-state index contributed by atoms with van der Waals surface area (Å²) in [5, 5.41) is 0. The van der Waals surface area contributed by atoms with Gasteiger partial charge in [0.15, 0.2) is 0 Å². The van der Waals surface area contributed by atoms with Crippen LogP contribution in [-0.4, -0.2) is 31.1 Å². The molecule has 0 saturated heterocycles. The van der Waals surface area contributed by atoms with Crippen LogP contribution in [0.5, 0.6) is 11.5 Å². The lowest BCUT2D eigenvalue weighted by Gasteiger charge is -2.30. The number of ether oxygens (including phenoxy) is 2. The van der Waals surface area contributed by atoms with Crippen molar-refractivity contribution in [3.8, 4) is 11.5 Å². The molecular formula is C28H28N2O6S2. The third-order valence-corrected chi connectivity index (χ3v) is 8.87. The average molecular weight is 553 g/mol. The van der Waals surface area contributed by atoms with Gasteiger partial charge in [0, 0.05) is 0 Å². The van der Waals surface area contributed by atoms with Crippen molar-refractivity contribution >= 4 is 20.0 Å². The Balaban J connectivity index is 1.86. The van der Waals surface area contributed by atoms with Crippen LogP contribution in [0, 0.1) is 0 Å². The van der Waals surface area contributed by atoms with Gasteiger partial charge in [-0.15, -0.1) is 0 Å². The molecule has 0 spiro atoms. The van der Waals surface area contributed by atoms with E-state index >= 15 is 0 Å². The fourth-order valence-corrected chi connectivity index (χ4v) is 6.47. The second kappa shape index (κ2) is 11.8. The molecule has 0 amide bonds. The van der Waals surface area contributed by atoms with Gasteiger partial charge in [0.2, 0.25) is 20.0 Å². The predicted molar refractivity (Wildman–Crippen MR) is 145 cm³/mol. The summed E-state index contributed by atoms with van der Waals surface area (Å²) in [5.74, 6) is 1.15. The standard InChI is InChI=1S/C28H28N2O6S2/c1-35-23-17-13-21(14-18-23)27(29-37(31,32)25-9-5-3-6-10-25)28(22-15-19-24(36-2)20-16-22)30-38(33,34)26-11-7-4-8-12-26/h3-20,27-30H,1-2H3. The Labute approximate surface area is 223 Å². The Morgan fingerprint density at radius 1 is 0.500 bits per heavy atom. The van der Waals surface area contributed by atoms with Crippen LogP contribution < -0.4 is 18.9 Å². The van der Waals surface area contributed by atoms with Gasteiger partial charge in [-0.05, 0) is 59.7 Å². The molecule has 2 N–H and O–H groups in total. The first kappa shape index (κ1) is 27.3. The summed E-state index contributed by atoms with van der Waals surface area (Å²) >= 11 is 0. The first-order valence-corrected chi connectivity index (χ1v) is 14.6. The molecule has 8 nitrogen and oxygen atoms in total. The lowest BCUT2D eigenvalue weighted by atomic mass is 9.94. The number of benzene rings is 4. The predicted octanol–water partition coefficient (Wildman–Crippen LogP) is 4.44. The van der Waals surface area contributed by atoms with E-state index < -0.39 is 32.1 Å². The van der Waals surface area contributed by atoms with E-state index in [1.807, 2.05) is 0 Å². The quantitative estimate of drug-likeness (QED) is 0.285. The van der Waals surface area contributed by atoms with Gasteiger partial charge in [0.25, 0.3) is 0 Å². The summed E-state index contributed by atoms with van der Waals surface area (Å²) in [7, 11) is -5.05. The maximum atomic E-state index is 13.5. The SMILES string of the molecule is COc1ccc(C(NS(=O)(=O)c2ccccc2)C(NS(=O)(=O)c2ccccc2)c2ccc(OC)cc2)cc1. The van der Waals surface area contributed by atoms with Gasteiger partial charge in [-0.3, -0.25) is 0 Å². The first-order valence-electron chi connectivity index (χ1n) is 11.7. The Bertz CT molecular complexity index is 1420. The summed E-state index contributed by atoms with van der Waals surface area (Å²) in [6, 6.07) is 27.3. The van der Waals surface area contributed by atoms with Crippen molar-refractivity contribution in [3.05, 3.63) is 120 Å². The van der Waals surface area contributed by atoms with Gasteiger partial charge in [-0.1, -0.05) is 60.7 Å². The lowest BCUT2D eigenvalue weighted by Crippen LogP contribution is -2.40. The largest absolute Gasteiger partial charge is 0.497 e. The highest BCUT2D eigenvalue weighted by Crippen LogP contribution is 2.34. The van der Waals surface area contributed by atoms with Gasteiger partial charge >= 0.3 is 0 Å². The third-order valence-electron chi connectivity index (χ3n) is 5.95. The van der Waals surface area contributed by atoms with Crippen LogP contribution in [0.2, 0.25) is 0 Å². The van der Waals surface area contributed by atoms with E-state index in [4.69, 9.17) is 9.47 Å². The minimum atomic E-state index is -4.05. The van der Waals surface area contributed by atoms with Crippen molar-refractivity contribution in [2.75, 3.05) is 14.2 Å². The molecule has 38 heavy (non-hydrogen) atoms. The second-order valence-electron chi connectivity index (χ2n) is 8.37. The Hall–Kier alpha value is -3.70. The van der Waals surface area contributed by atoms with E-state index in [0.717, 1.165) is 0 Å². The van der Waals surface area contributed by atoms with Crippen molar-refractivity contribution in [2.45, 2.75) is 21.9 Å². The van der Waals surface area contributed by atoms with Crippen molar-refractivity contribution < 1.29 is 26.3 Å². The number of hydrogen-bond acceptors (Lipinski definition) is 6. The molecule has 0 aliphatic heterocycles. The summed E-state index contributed by atoms with van der Waals surface area (Å²) in [4.78, 5) is 0.107. The van der Waals surface area contributed by atoms with Gasteiger partial charge in [-0.2, -0.15) is 0 Å². The van der Waals surface area contributed by atoms with E-state index in [1.54, 1.807) is 84.9 Å². The van der Waals surface area contributed by atoms with E-state index in [9.17, 15) is 16.8 Å². The number of hydrogen-bond donors (Lipinski definition) is 2. The molecule has 10 heteroatoms. The summed E-state index contributed by atoms with van der Waals surface area (Å²) in [6.45, 7) is 0. The van der Waals surface area contributed by atoms with Crippen LogP contribution in [0.1, 0.15) is 23.2 Å². The van der Waals surface area contributed by atoms with Crippen molar-refractivity contribution in [2.24, 2.45) is 0 Å². The minimum Gasteiger partial charge on any atom is -0.497 e. The molecule has 4 aromatic carbocycles. The normalized spacial score (nSPS) is 13.4. The molecule has 2 unspecified atom stereocenters. The van der Waals surface area contributed by atoms with Crippen LogP contribution in [-0.2, 0) is 20.0 Å². The second-order valence-corrected chi connectivity index (χ2v) is 11.8. The zero-order valence-corrected chi connectivity index (χ0v) is 22.4. The Morgan fingerprint density at radius 3 is 1.11 bits per heavy atom. The zero-order valence-electron chi connectivity index (χ0n) is 20.8. The highest BCUT2D eigenvalue weighted by molar-refractivity contribution is 7.90. The van der Waals surface area contributed by atoms with Crippen LogP contribution in [0.15, 0.2) is 119 Å². The Kier molecular flexibility index (Phi) is 8.48. The van der Waals surface area contributed by atoms with Gasteiger partial charge in [0.05, 0.1) is 36.1 Å². The molecule has 0 bridgehead atoms. The molecule has 0 fully saturated rings. The van der Waals surface area contributed by atoms with Crippen molar-refractivity contribution in [1.82, 2.24) is 9.44 Å². The van der Waals surface area contributed by atoms with Gasteiger partial charge in [0.1, 0.15) is 11.5 Å². The molecule has 2 atom stereocenters. The van der Waals surface area contributed by atoms with Crippen LogP contribution in [0.4, 0.5) is 0 Å². The van der Waals surface area contributed by atoms with Gasteiger partial charge in [-0.25, -0.2) is 26.3 Å². The monoisotopic (exact) mass is 552 g/mol. The highest BCUT2D eigenvalue weighted by Gasteiger charge is 2.33. The first-order chi connectivity index (χ1) is 18.2. The number of nitrogens with one attached hydrogen (secondary N) is 2. The summed E-state index contributed by atoms with van der Waals surface area (Å²) < 4.78 is 69.9. The third kappa shape index (κ3) is 6.40. The zero-order chi connectivity index (χ0) is 27.2. The molecule has 4 rings (SSSR count). The smallest absolute Gasteiger partial charge is 0.241 e. The molecule has 198 valence electrons.